The van der Waals surface area contributed by atoms with Gasteiger partial charge in [-0.3, -0.25) is 0 Å². The number of benzene rings is 2. The lowest BCUT2D eigenvalue weighted by Crippen LogP contribution is -1.82. The minimum atomic E-state index is -0.981. The molecular formula is C16H18O3. The molecule has 0 saturated heterocycles. The van der Waals surface area contributed by atoms with Gasteiger partial charge in [-0.15, -0.1) is 0 Å². The number of aliphatic hydroxyl groups excluding tert-OH is 1. The standard InChI is InChI=1S/C12H10.C3H4O2.CH4O/c1-3-7-11(8-4-1)12-9-5-2-6-10-12;1-2-3(4)5;1-2/h1-10H;2H,1H2,(H,4,5);2H,1H3. The van der Waals surface area contributed by atoms with Crippen molar-refractivity contribution in [1.82, 2.24) is 0 Å². The van der Waals surface area contributed by atoms with Crippen molar-refractivity contribution in [2.24, 2.45) is 0 Å². The van der Waals surface area contributed by atoms with Gasteiger partial charge in [0.1, 0.15) is 0 Å². The Hall–Kier alpha value is -2.39. The third-order valence-electron chi connectivity index (χ3n) is 2.06. The number of rotatable bonds is 2. The largest absolute Gasteiger partial charge is 0.478 e. The van der Waals surface area contributed by atoms with Crippen LogP contribution in [0.4, 0.5) is 0 Å². The van der Waals surface area contributed by atoms with Crippen LogP contribution in [0.15, 0.2) is 73.3 Å². The number of carboxylic acid groups (broad SMARTS) is 1. The first-order valence-corrected chi connectivity index (χ1v) is 5.64. The van der Waals surface area contributed by atoms with Gasteiger partial charge >= 0.3 is 5.97 Å². The van der Waals surface area contributed by atoms with Gasteiger partial charge in [0, 0.05) is 13.2 Å². The maximum Gasteiger partial charge on any atom is 0.327 e. The van der Waals surface area contributed by atoms with Crippen LogP contribution in [0, 0.1) is 0 Å². The van der Waals surface area contributed by atoms with Gasteiger partial charge < -0.3 is 10.2 Å². The van der Waals surface area contributed by atoms with Crippen LogP contribution in [-0.4, -0.2) is 23.3 Å². The molecule has 2 aromatic rings. The summed E-state index contributed by atoms with van der Waals surface area (Å²) in [7, 11) is 1.00. The summed E-state index contributed by atoms with van der Waals surface area (Å²) in [4.78, 5) is 9.25. The van der Waals surface area contributed by atoms with Crippen LogP contribution in [0.5, 0.6) is 0 Å². The van der Waals surface area contributed by atoms with Crippen molar-refractivity contribution in [3.05, 3.63) is 73.3 Å². The quantitative estimate of drug-likeness (QED) is 0.813. The van der Waals surface area contributed by atoms with Crippen molar-refractivity contribution in [3.63, 3.8) is 0 Å². The average molecular weight is 258 g/mol. The monoisotopic (exact) mass is 258 g/mol. The van der Waals surface area contributed by atoms with E-state index in [-0.39, 0.29) is 0 Å². The Morgan fingerprint density at radius 2 is 1.16 bits per heavy atom. The fraction of sp³-hybridized carbons (Fsp3) is 0.0625. The molecule has 0 radical (unpaired) electrons. The Labute approximate surface area is 113 Å². The van der Waals surface area contributed by atoms with Crippen molar-refractivity contribution < 1.29 is 15.0 Å². The van der Waals surface area contributed by atoms with E-state index in [4.69, 9.17) is 10.2 Å². The molecule has 0 unspecified atom stereocenters. The highest BCUT2D eigenvalue weighted by Gasteiger charge is 1.91. The van der Waals surface area contributed by atoms with Crippen LogP contribution in [0.25, 0.3) is 11.1 Å². The molecule has 0 aliphatic rings. The van der Waals surface area contributed by atoms with Crippen molar-refractivity contribution in [1.29, 1.82) is 0 Å². The molecule has 0 fully saturated rings. The molecule has 0 aromatic heterocycles. The van der Waals surface area contributed by atoms with Crippen molar-refractivity contribution in [2.75, 3.05) is 7.11 Å². The Morgan fingerprint density at radius 3 is 1.37 bits per heavy atom. The van der Waals surface area contributed by atoms with E-state index >= 15 is 0 Å². The summed E-state index contributed by atoms with van der Waals surface area (Å²) in [6, 6.07) is 20.8. The SMILES string of the molecule is C=CC(=O)O.CO.c1ccc(-c2ccccc2)cc1. The molecule has 3 heteroatoms. The zero-order chi connectivity index (χ0) is 14.5. The van der Waals surface area contributed by atoms with E-state index in [0.29, 0.717) is 0 Å². The van der Waals surface area contributed by atoms with Crippen LogP contribution in [-0.2, 0) is 4.79 Å². The first kappa shape index (κ1) is 16.6. The van der Waals surface area contributed by atoms with Crippen molar-refractivity contribution >= 4 is 5.97 Å². The Morgan fingerprint density at radius 1 is 0.895 bits per heavy atom. The van der Waals surface area contributed by atoms with E-state index < -0.39 is 5.97 Å². The molecule has 100 valence electrons. The molecule has 2 aromatic carbocycles. The highest BCUT2D eigenvalue weighted by molar-refractivity contribution is 5.78. The summed E-state index contributed by atoms with van der Waals surface area (Å²) < 4.78 is 0. The first-order valence-electron chi connectivity index (χ1n) is 5.64. The van der Waals surface area contributed by atoms with Crippen LogP contribution in [0.2, 0.25) is 0 Å². The normalized spacial score (nSPS) is 8.11. The third-order valence-corrected chi connectivity index (χ3v) is 2.06. The van der Waals surface area contributed by atoms with E-state index in [1.165, 1.54) is 11.1 Å². The Balaban J connectivity index is 0.000000396. The molecule has 2 rings (SSSR count). The minimum Gasteiger partial charge on any atom is -0.478 e. The number of carboxylic acids is 1. The van der Waals surface area contributed by atoms with Gasteiger partial charge in [0.05, 0.1) is 0 Å². The fourth-order valence-corrected chi connectivity index (χ4v) is 1.26. The van der Waals surface area contributed by atoms with Crippen LogP contribution in [0.3, 0.4) is 0 Å². The predicted molar refractivity (Wildman–Crippen MR) is 77.9 cm³/mol. The molecule has 0 atom stereocenters. The number of hydrogen-bond donors (Lipinski definition) is 2. The average Bonchev–Trinajstić information content (AvgIpc) is 2.51. The molecule has 19 heavy (non-hydrogen) atoms. The highest BCUT2D eigenvalue weighted by Crippen LogP contribution is 2.17. The van der Waals surface area contributed by atoms with Gasteiger partial charge in [0.15, 0.2) is 0 Å². The second-order valence-electron chi connectivity index (χ2n) is 3.27. The molecular weight excluding hydrogens is 240 g/mol. The molecule has 0 amide bonds. The van der Waals surface area contributed by atoms with E-state index in [1.54, 1.807) is 0 Å². The smallest absolute Gasteiger partial charge is 0.327 e. The predicted octanol–water partition coefficient (Wildman–Crippen LogP) is 3.22. The lowest BCUT2D eigenvalue weighted by molar-refractivity contribution is -0.131. The molecule has 0 saturated carbocycles. The number of aliphatic carboxylic acids is 1. The van der Waals surface area contributed by atoms with Crippen molar-refractivity contribution in [2.45, 2.75) is 0 Å². The maximum absolute atomic E-state index is 9.25. The van der Waals surface area contributed by atoms with Gasteiger partial charge in [-0.05, 0) is 11.1 Å². The second kappa shape index (κ2) is 10.7. The first-order chi connectivity index (χ1) is 9.24. The Kier molecular flexibility index (Phi) is 9.39. The second-order valence-corrected chi connectivity index (χ2v) is 3.27. The molecule has 0 bridgehead atoms. The molecule has 0 aliphatic heterocycles. The summed E-state index contributed by atoms with van der Waals surface area (Å²) in [6.45, 7) is 2.96. The molecule has 0 heterocycles. The summed E-state index contributed by atoms with van der Waals surface area (Å²) in [5.41, 5.74) is 2.55. The van der Waals surface area contributed by atoms with E-state index in [9.17, 15) is 4.79 Å². The van der Waals surface area contributed by atoms with Gasteiger partial charge in [0.2, 0.25) is 0 Å². The zero-order valence-electron chi connectivity index (χ0n) is 10.9. The van der Waals surface area contributed by atoms with Crippen molar-refractivity contribution in [3.8, 4) is 11.1 Å². The number of aliphatic hydroxyl groups is 1. The molecule has 3 nitrogen and oxygen atoms in total. The minimum absolute atomic E-state index is 0.833. The zero-order valence-corrected chi connectivity index (χ0v) is 10.9. The summed E-state index contributed by atoms with van der Waals surface area (Å²) in [6.07, 6.45) is 0.833. The van der Waals surface area contributed by atoms with Gasteiger partial charge in [-0.25, -0.2) is 4.79 Å². The van der Waals surface area contributed by atoms with Gasteiger partial charge in [0.25, 0.3) is 0 Å². The van der Waals surface area contributed by atoms with Crippen LogP contribution >= 0.6 is 0 Å². The summed E-state index contributed by atoms with van der Waals surface area (Å²) >= 11 is 0. The summed E-state index contributed by atoms with van der Waals surface area (Å²) in [5, 5.41) is 14.6. The highest BCUT2D eigenvalue weighted by atomic mass is 16.4. The van der Waals surface area contributed by atoms with E-state index in [2.05, 4.69) is 55.1 Å². The number of carbonyl (C=O) groups is 1. The fourth-order valence-electron chi connectivity index (χ4n) is 1.26. The molecule has 0 aliphatic carbocycles. The van der Waals surface area contributed by atoms with Crippen LogP contribution in [0.1, 0.15) is 0 Å². The number of hydrogen-bond acceptors (Lipinski definition) is 2. The van der Waals surface area contributed by atoms with E-state index in [1.807, 2.05) is 12.1 Å². The lowest BCUT2D eigenvalue weighted by Gasteiger charge is -1.98. The molecule has 2 N–H and O–H groups in total. The molecule has 0 spiro atoms. The lowest BCUT2D eigenvalue weighted by atomic mass is 10.1. The van der Waals surface area contributed by atoms with Gasteiger partial charge in [-0.2, -0.15) is 0 Å². The Bertz CT molecular complexity index is 426. The maximum atomic E-state index is 9.25. The summed E-state index contributed by atoms with van der Waals surface area (Å²) in [5.74, 6) is -0.981. The van der Waals surface area contributed by atoms with Gasteiger partial charge in [-0.1, -0.05) is 67.2 Å². The van der Waals surface area contributed by atoms with E-state index in [0.717, 1.165) is 13.2 Å². The topological polar surface area (TPSA) is 57.5 Å². The van der Waals surface area contributed by atoms with Crippen LogP contribution < -0.4 is 0 Å². The third kappa shape index (κ3) is 7.52.